The number of fused-ring (bicyclic) bond motifs is 1. The Bertz CT molecular complexity index is 560. The van der Waals surface area contributed by atoms with Crippen LogP contribution >= 0.6 is 0 Å². The third-order valence-electron chi connectivity index (χ3n) is 3.22. The summed E-state index contributed by atoms with van der Waals surface area (Å²) in [5.74, 6) is -0.0994. The van der Waals surface area contributed by atoms with Gasteiger partial charge in [0.15, 0.2) is 0 Å². The van der Waals surface area contributed by atoms with Crippen molar-refractivity contribution >= 4 is 22.4 Å². The van der Waals surface area contributed by atoms with Gasteiger partial charge in [-0.05, 0) is 31.2 Å². The predicted molar refractivity (Wildman–Crippen MR) is 82.9 cm³/mol. The molecule has 0 amide bonds. The minimum Gasteiger partial charge on any atom is -0.466 e. The second kappa shape index (κ2) is 7.53. The zero-order valence-electron chi connectivity index (χ0n) is 11.9. The summed E-state index contributed by atoms with van der Waals surface area (Å²) in [5, 5.41) is 5.92. The number of esters is 1. The van der Waals surface area contributed by atoms with Gasteiger partial charge in [0, 0.05) is 24.0 Å². The van der Waals surface area contributed by atoms with E-state index in [4.69, 9.17) is 4.74 Å². The second-order valence-electron chi connectivity index (χ2n) is 4.72. The summed E-state index contributed by atoms with van der Waals surface area (Å²) in [6, 6.07) is 14.6. The molecule has 0 fully saturated rings. The van der Waals surface area contributed by atoms with E-state index in [0.29, 0.717) is 13.0 Å². The third kappa shape index (κ3) is 3.98. The molecule has 0 atom stereocenters. The highest BCUT2D eigenvalue weighted by Crippen LogP contribution is 2.22. The van der Waals surface area contributed by atoms with E-state index in [1.54, 1.807) is 0 Å². The van der Waals surface area contributed by atoms with Crippen LogP contribution in [-0.4, -0.2) is 19.1 Å². The zero-order chi connectivity index (χ0) is 14.2. The molecule has 0 radical (unpaired) electrons. The Hall–Kier alpha value is -2.03. The lowest BCUT2D eigenvalue weighted by Crippen LogP contribution is -2.06. The van der Waals surface area contributed by atoms with Crippen molar-refractivity contribution in [3.05, 3.63) is 42.5 Å². The van der Waals surface area contributed by atoms with Crippen LogP contribution in [0.1, 0.15) is 26.2 Å². The maximum atomic E-state index is 11.2. The Labute approximate surface area is 119 Å². The molecular weight excluding hydrogens is 250 g/mol. The summed E-state index contributed by atoms with van der Waals surface area (Å²) < 4.78 is 4.91. The molecule has 1 N–H and O–H groups in total. The number of carbonyl (C=O) groups excluding carboxylic acids is 1. The van der Waals surface area contributed by atoms with E-state index in [0.717, 1.165) is 25.1 Å². The Kier molecular flexibility index (Phi) is 5.42. The molecule has 0 aliphatic rings. The first kappa shape index (κ1) is 14.4. The van der Waals surface area contributed by atoms with Gasteiger partial charge in [-0.15, -0.1) is 0 Å². The Balaban J connectivity index is 1.80. The van der Waals surface area contributed by atoms with E-state index in [1.807, 2.05) is 19.1 Å². The maximum Gasteiger partial charge on any atom is 0.305 e. The van der Waals surface area contributed by atoms with Gasteiger partial charge < -0.3 is 10.1 Å². The molecule has 3 heteroatoms. The van der Waals surface area contributed by atoms with E-state index in [1.165, 1.54) is 10.8 Å². The molecule has 0 heterocycles. The SMILES string of the molecule is CCOC(=O)CCCCNc1cccc2ccccc12. The first-order valence-corrected chi connectivity index (χ1v) is 7.18. The summed E-state index contributed by atoms with van der Waals surface area (Å²) in [6.45, 7) is 3.17. The molecule has 0 spiro atoms. The van der Waals surface area contributed by atoms with Crippen LogP contribution < -0.4 is 5.32 Å². The molecule has 2 rings (SSSR count). The molecule has 20 heavy (non-hydrogen) atoms. The lowest BCUT2D eigenvalue weighted by molar-refractivity contribution is -0.143. The standard InChI is InChI=1S/C17H21NO2/c1-2-20-17(19)12-5-6-13-18-16-11-7-9-14-8-3-4-10-15(14)16/h3-4,7-11,18H,2,5-6,12-13H2,1H3. The average Bonchev–Trinajstić information content (AvgIpc) is 2.47. The highest BCUT2D eigenvalue weighted by molar-refractivity contribution is 5.93. The van der Waals surface area contributed by atoms with Crippen molar-refractivity contribution in [2.75, 3.05) is 18.5 Å². The maximum absolute atomic E-state index is 11.2. The number of benzene rings is 2. The fraction of sp³-hybridized carbons (Fsp3) is 0.353. The van der Waals surface area contributed by atoms with E-state index >= 15 is 0 Å². The van der Waals surface area contributed by atoms with E-state index in [2.05, 4.69) is 35.6 Å². The average molecular weight is 271 g/mol. The number of unbranched alkanes of at least 4 members (excludes halogenated alkanes) is 1. The number of rotatable bonds is 7. The van der Waals surface area contributed by atoms with Crippen molar-refractivity contribution < 1.29 is 9.53 Å². The molecule has 0 bridgehead atoms. The summed E-state index contributed by atoms with van der Waals surface area (Å²) in [7, 11) is 0. The van der Waals surface area contributed by atoms with Gasteiger partial charge >= 0.3 is 5.97 Å². The van der Waals surface area contributed by atoms with Crippen LogP contribution in [0, 0.1) is 0 Å². The lowest BCUT2D eigenvalue weighted by atomic mass is 10.1. The van der Waals surface area contributed by atoms with E-state index in [9.17, 15) is 4.79 Å². The van der Waals surface area contributed by atoms with Gasteiger partial charge in [0.05, 0.1) is 6.61 Å². The number of hydrogen-bond donors (Lipinski definition) is 1. The monoisotopic (exact) mass is 271 g/mol. The molecule has 0 aliphatic heterocycles. The minimum atomic E-state index is -0.0994. The van der Waals surface area contributed by atoms with Crippen molar-refractivity contribution in [3.63, 3.8) is 0 Å². The molecular formula is C17H21NO2. The van der Waals surface area contributed by atoms with Crippen LogP contribution in [0.2, 0.25) is 0 Å². The number of nitrogens with one attached hydrogen (secondary N) is 1. The van der Waals surface area contributed by atoms with Crippen LogP contribution in [0.15, 0.2) is 42.5 Å². The van der Waals surface area contributed by atoms with Crippen molar-refractivity contribution in [1.82, 2.24) is 0 Å². The molecule has 106 valence electrons. The molecule has 2 aromatic carbocycles. The Morgan fingerprint density at radius 1 is 1.10 bits per heavy atom. The largest absolute Gasteiger partial charge is 0.466 e. The summed E-state index contributed by atoms with van der Waals surface area (Å²) in [5.41, 5.74) is 1.15. The van der Waals surface area contributed by atoms with Gasteiger partial charge in [-0.25, -0.2) is 0 Å². The van der Waals surface area contributed by atoms with E-state index < -0.39 is 0 Å². The van der Waals surface area contributed by atoms with Gasteiger partial charge in [-0.1, -0.05) is 36.4 Å². The smallest absolute Gasteiger partial charge is 0.305 e. The molecule has 0 aromatic heterocycles. The molecule has 3 nitrogen and oxygen atoms in total. The summed E-state index contributed by atoms with van der Waals surface area (Å²) in [6.07, 6.45) is 2.32. The van der Waals surface area contributed by atoms with Crippen LogP contribution in [-0.2, 0) is 9.53 Å². The van der Waals surface area contributed by atoms with Gasteiger partial charge in [-0.2, -0.15) is 0 Å². The van der Waals surface area contributed by atoms with Crippen LogP contribution in [0.25, 0.3) is 10.8 Å². The van der Waals surface area contributed by atoms with Crippen molar-refractivity contribution in [2.24, 2.45) is 0 Å². The zero-order valence-corrected chi connectivity index (χ0v) is 11.9. The number of carbonyl (C=O) groups is 1. The predicted octanol–water partition coefficient (Wildman–Crippen LogP) is 3.99. The Morgan fingerprint density at radius 3 is 2.75 bits per heavy atom. The molecule has 0 saturated carbocycles. The number of ether oxygens (including phenoxy) is 1. The highest BCUT2D eigenvalue weighted by atomic mass is 16.5. The lowest BCUT2D eigenvalue weighted by Gasteiger charge is -2.09. The summed E-state index contributed by atoms with van der Waals surface area (Å²) in [4.78, 5) is 11.2. The third-order valence-corrected chi connectivity index (χ3v) is 3.22. The van der Waals surface area contributed by atoms with Crippen LogP contribution in [0.5, 0.6) is 0 Å². The quantitative estimate of drug-likeness (QED) is 0.611. The Morgan fingerprint density at radius 2 is 1.90 bits per heavy atom. The number of anilines is 1. The van der Waals surface area contributed by atoms with Gasteiger partial charge in [0.2, 0.25) is 0 Å². The molecule has 2 aromatic rings. The summed E-state index contributed by atoms with van der Waals surface area (Å²) >= 11 is 0. The highest BCUT2D eigenvalue weighted by Gasteiger charge is 2.02. The van der Waals surface area contributed by atoms with Crippen LogP contribution in [0.4, 0.5) is 5.69 Å². The second-order valence-corrected chi connectivity index (χ2v) is 4.72. The molecule has 0 aliphatic carbocycles. The fourth-order valence-electron chi connectivity index (χ4n) is 2.23. The van der Waals surface area contributed by atoms with Gasteiger partial charge in [0.1, 0.15) is 0 Å². The van der Waals surface area contributed by atoms with Crippen molar-refractivity contribution in [3.8, 4) is 0 Å². The fourth-order valence-corrected chi connectivity index (χ4v) is 2.23. The minimum absolute atomic E-state index is 0.0994. The van der Waals surface area contributed by atoms with Gasteiger partial charge in [-0.3, -0.25) is 4.79 Å². The number of hydrogen-bond acceptors (Lipinski definition) is 3. The van der Waals surface area contributed by atoms with Crippen molar-refractivity contribution in [2.45, 2.75) is 26.2 Å². The topological polar surface area (TPSA) is 38.3 Å². The normalized spacial score (nSPS) is 10.4. The van der Waals surface area contributed by atoms with Gasteiger partial charge in [0.25, 0.3) is 0 Å². The molecule has 0 unspecified atom stereocenters. The van der Waals surface area contributed by atoms with Crippen LogP contribution in [0.3, 0.4) is 0 Å². The van der Waals surface area contributed by atoms with Crippen molar-refractivity contribution in [1.29, 1.82) is 0 Å². The first-order valence-electron chi connectivity index (χ1n) is 7.18. The molecule has 0 saturated heterocycles. The first-order chi connectivity index (χ1) is 9.81. The van der Waals surface area contributed by atoms with E-state index in [-0.39, 0.29) is 5.97 Å².